The number of H-pyrrole nitrogens is 1. The van der Waals surface area contributed by atoms with E-state index in [0.717, 1.165) is 63.5 Å². The quantitative estimate of drug-likeness (QED) is 0.195. The maximum Gasteiger partial charge on any atom is 0.410 e. The molecule has 1 saturated heterocycles. The number of carbonyl (C=O) groups is 2. The number of benzene rings is 3. The Labute approximate surface area is 265 Å². The van der Waals surface area contributed by atoms with Crippen LogP contribution in [0, 0.1) is 0 Å². The van der Waals surface area contributed by atoms with Crippen molar-refractivity contribution in [3.8, 4) is 33.9 Å². The summed E-state index contributed by atoms with van der Waals surface area (Å²) in [4.78, 5) is 31.8. The second kappa shape index (κ2) is 13.9. The van der Waals surface area contributed by atoms with Crippen molar-refractivity contribution in [1.82, 2.24) is 9.88 Å². The molecule has 3 aromatic carbocycles. The zero-order valence-electron chi connectivity index (χ0n) is 26.7. The van der Waals surface area contributed by atoms with Crippen LogP contribution in [-0.4, -0.2) is 54.9 Å². The van der Waals surface area contributed by atoms with E-state index in [-0.39, 0.29) is 31.0 Å². The van der Waals surface area contributed by atoms with Crippen molar-refractivity contribution in [2.75, 3.05) is 27.3 Å². The molecular weight excluding hydrogens is 568 g/mol. The molecule has 0 aliphatic carbocycles. The van der Waals surface area contributed by atoms with Crippen LogP contribution >= 0.6 is 0 Å². The third kappa shape index (κ3) is 7.87. The van der Waals surface area contributed by atoms with Gasteiger partial charge in [0.05, 0.1) is 26.3 Å². The molecule has 0 bridgehead atoms. The van der Waals surface area contributed by atoms with Crippen molar-refractivity contribution < 1.29 is 28.5 Å². The van der Waals surface area contributed by atoms with Gasteiger partial charge >= 0.3 is 12.1 Å². The van der Waals surface area contributed by atoms with Crippen molar-refractivity contribution in [1.29, 1.82) is 0 Å². The van der Waals surface area contributed by atoms with Gasteiger partial charge in [0.1, 0.15) is 23.7 Å². The van der Waals surface area contributed by atoms with Gasteiger partial charge in [0, 0.05) is 30.3 Å². The van der Waals surface area contributed by atoms with Crippen molar-refractivity contribution in [3.63, 3.8) is 0 Å². The number of rotatable bonds is 9. The summed E-state index contributed by atoms with van der Waals surface area (Å²) in [5, 5.41) is 0. The molecule has 0 radical (unpaired) electrons. The number of likely N-dealkylation sites (tertiary alicyclic amines) is 1. The molecule has 8 nitrogen and oxygen atoms in total. The average molecular weight is 611 g/mol. The molecule has 4 aromatic rings. The van der Waals surface area contributed by atoms with Crippen LogP contribution in [0.1, 0.15) is 56.4 Å². The van der Waals surface area contributed by atoms with Crippen molar-refractivity contribution >= 4 is 12.1 Å². The van der Waals surface area contributed by atoms with Crippen LogP contribution < -0.4 is 9.47 Å². The summed E-state index contributed by atoms with van der Waals surface area (Å²) in [7, 11) is 3.29. The molecule has 8 heteroatoms. The average Bonchev–Trinajstić information content (AvgIpc) is 3.42. The molecule has 1 fully saturated rings. The molecule has 0 atom stereocenters. The highest BCUT2D eigenvalue weighted by atomic mass is 16.6. The summed E-state index contributed by atoms with van der Waals surface area (Å²) in [6, 6.07) is 25.5. The van der Waals surface area contributed by atoms with Crippen LogP contribution in [0.5, 0.6) is 11.5 Å². The molecule has 0 unspecified atom stereocenters. The minimum absolute atomic E-state index is 0.101. The summed E-state index contributed by atoms with van der Waals surface area (Å²) >= 11 is 0. The van der Waals surface area contributed by atoms with Gasteiger partial charge in [-0.15, -0.1) is 0 Å². The number of aromatic amines is 1. The lowest BCUT2D eigenvalue weighted by molar-refractivity contribution is -0.153. The fourth-order valence-electron chi connectivity index (χ4n) is 5.82. The fourth-order valence-corrected chi connectivity index (χ4v) is 5.82. The molecule has 1 aliphatic heterocycles. The summed E-state index contributed by atoms with van der Waals surface area (Å²) in [6.07, 6.45) is 1.26. The van der Waals surface area contributed by atoms with E-state index in [9.17, 15) is 9.59 Å². The van der Waals surface area contributed by atoms with E-state index >= 15 is 0 Å². The van der Waals surface area contributed by atoms with Gasteiger partial charge in [-0.1, -0.05) is 42.5 Å². The summed E-state index contributed by atoms with van der Waals surface area (Å²) < 4.78 is 22.3. The number of carbonyl (C=O) groups excluding carboxylic acids is 2. The number of hydrogen-bond acceptors (Lipinski definition) is 6. The van der Waals surface area contributed by atoms with Crippen molar-refractivity contribution in [3.05, 3.63) is 95.7 Å². The van der Waals surface area contributed by atoms with E-state index in [4.69, 9.17) is 18.9 Å². The van der Waals surface area contributed by atoms with Crippen molar-refractivity contribution in [2.45, 2.75) is 58.2 Å². The Morgan fingerprint density at radius 3 is 1.96 bits per heavy atom. The molecule has 0 saturated carbocycles. The normalized spacial score (nSPS) is 13.8. The SMILES string of the molecule is COc1ccc(-c2[nH]c(C3CCN(C(=O)OCc4ccccc4)CC3)c(CC(=O)OC(C)(C)C)c2-c2ccc(OC)cc2)cc1. The van der Waals surface area contributed by atoms with E-state index < -0.39 is 5.60 Å². The zero-order chi connectivity index (χ0) is 32.0. The van der Waals surface area contributed by atoms with E-state index in [1.165, 1.54) is 0 Å². The summed E-state index contributed by atoms with van der Waals surface area (Å²) in [5.41, 5.74) is 6.05. The number of ether oxygens (including phenoxy) is 4. The van der Waals surface area contributed by atoms with E-state index in [2.05, 4.69) is 4.98 Å². The first-order valence-electron chi connectivity index (χ1n) is 15.4. The minimum atomic E-state index is -0.613. The molecular formula is C37H42N2O6. The largest absolute Gasteiger partial charge is 0.497 e. The van der Waals surface area contributed by atoms with Gasteiger partial charge in [0.2, 0.25) is 0 Å². The van der Waals surface area contributed by atoms with E-state index in [1.807, 2.05) is 99.6 Å². The summed E-state index contributed by atoms with van der Waals surface area (Å²) in [5.74, 6) is 1.32. The van der Waals surface area contributed by atoms with Crippen LogP contribution in [0.15, 0.2) is 78.9 Å². The first-order valence-corrected chi connectivity index (χ1v) is 15.4. The van der Waals surface area contributed by atoms with Gasteiger partial charge in [-0.05, 0) is 92.3 Å². The molecule has 1 N–H and O–H groups in total. The third-order valence-corrected chi connectivity index (χ3v) is 8.00. The lowest BCUT2D eigenvalue weighted by Gasteiger charge is -2.31. The molecule has 236 valence electrons. The van der Waals surface area contributed by atoms with E-state index in [1.54, 1.807) is 19.1 Å². The number of piperidine rings is 1. The highest BCUT2D eigenvalue weighted by molar-refractivity contribution is 5.89. The Morgan fingerprint density at radius 1 is 0.822 bits per heavy atom. The monoisotopic (exact) mass is 610 g/mol. The van der Waals surface area contributed by atoms with Crippen LogP contribution in [0.2, 0.25) is 0 Å². The van der Waals surface area contributed by atoms with Crippen LogP contribution in [0.25, 0.3) is 22.4 Å². The second-order valence-corrected chi connectivity index (χ2v) is 12.3. The van der Waals surface area contributed by atoms with Gasteiger partial charge in [-0.3, -0.25) is 4.79 Å². The highest BCUT2D eigenvalue weighted by Crippen LogP contribution is 2.43. The standard InChI is InChI=1S/C37H42N2O6/c1-37(2,3)45-32(40)23-31-33(26-11-15-29(42-4)16-12-26)35(27-13-17-30(43-5)18-14-27)38-34(31)28-19-21-39(22-20-28)36(41)44-24-25-9-7-6-8-10-25/h6-18,28,38H,19-24H2,1-5H3. The lowest BCUT2D eigenvalue weighted by Crippen LogP contribution is -2.38. The highest BCUT2D eigenvalue weighted by Gasteiger charge is 2.32. The molecule has 1 aliphatic rings. The molecule has 1 amide bonds. The third-order valence-electron chi connectivity index (χ3n) is 8.00. The van der Waals surface area contributed by atoms with Gasteiger partial charge < -0.3 is 28.8 Å². The molecule has 45 heavy (non-hydrogen) atoms. The Morgan fingerprint density at radius 2 is 1.40 bits per heavy atom. The van der Waals surface area contributed by atoms with E-state index in [0.29, 0.717) is 13.1 Å². The van der Waals surface area contributed by atoms with Crippen LogP contribution in [0.4, 0.5) is 4.79 Å². The minimum Gasteiger partial charge on any atom is -0.497 e. The number of esters is 1. The second-order valence-electron chi connectivity index (χ2n) is 12.3. The topological polar surface area (TPSA) is 90.1 Å². The van der Waals surface area contributed by atoms with Crippen molar-refractivity contribution in [2.24, 2.45) is 0 Å². The van der Waals surface area contributed by atoms with Gasteiger partial charge in [0.25, 0.3) is 0 Å². The Balaban J connectivity index is 1.48. The van der Waals surface area contributed by atoms with Gasteiger partial charge in [-0.2, -0.15) is 0 Å². The molecule has 0 spiro atoms. The molecule has 1 aromatic heterocycles. The fraction of sp³-hybridized carbons (Fsp3) is 0.351. The molecule has 5 rings (SSSR count). The zero-order valence-corrected chi connectivity index (χ0v) is 26.7. The number of hydrogen-bond donors (Lipinski definition) is 1. The predicted molar refractivity (Wildman–Crippen MR) is 174 cm³/mol. The first-order chi connectivity index (χ1) is 21.6. The van der Waals surface area contributed by atoms with Gasteiger partial charge in [0.15, 0.2) is 0 Å². The Kier molecular flexibility index (Phi) is 9.81. The maximum atomic E-state index is 13.4. The Hall–Kier alpha value is -4.72. The number of aromatic nitrogens is 1. The lowest BCUT2D eigenvalue weighted by atomic mass is 9.88. The summed E-state index contributed by atoms with van der Waals surface area (Å²) in [6.45, 7) is 6.98. The number of nitrogens with one attached hydrogen (secondary N) is 1. The van der Waals surface area contributed by atoms with Gasteiger partial charge in [-0.25, -0.2) is 4.79 Å². The predicted octanol–water partition coefficient (Wildman–Crippen LogP) is 7.77. The number of nitrogens with zero attached hydrogens (tertiary/aromatic N) is 1. The Bertz CT molecular complexity index is 1580. The maximum absolute atomic E-state index is 13.4. The smallest absolute Gasteiger partial charge is 0.410 e. The number of methoxy groups -OCH3 is 2. The van der Waals surface area contributed by atoms with Crippen LogP contribution in [-0.2, 0) is 27.3 Å². The van der Waals surface area contributed by atoms with Crippen LogP contribution in [0.3, 0.4) is 0 Å². The molecule has 2 heterocycles. The first kappa shape index (κ1) is 31.7. The number of amides is 1.